The summed E-state index contributed by atoms with van der Waals surface area (Å²) >= 11 is 0. The minimum atomic E-state index is 0.293. The van der Waals surface area contributed by atoms with Crippen LogP contribution in [-0.2, 0) is 4.79 Å². The molecule has 0 N–H and O–H groups in total. The third-order valence-corrected chi connectivity index (χ3v) is 2.42. The summed E-state index contributed by atoms with van der Waals surface area (Å²) in [5.41, 5.74) is 0. The number of rotatable bonds is 1. The van der Waals surface area contributed by atoms with Crippen molar-refractivity contribution >= 4 is 6.29 Å². The number of carbonyl (C=O) groups excluding carboxylic acids is 1. The molecule has 0 amide bonds. The van der Waals surface area contributed by atoms with Gasteiger partial charge >= 0.3 is 0 Å². The van der Waals surface area contributed by atoms with Gasteiger partial charge in [-0.3, -0.25) is 0 Å². The SMILES string of the molecule is C[C@H]1CC[C@@H](C=O)CN1C. The van der Waals surface area contributed by atoms with Crippen LogP contribution in [-0.4, -0.2) is 30.8 Å². The molecule has 0 spiro atoms. The average Bonchev–Trinajstić information content (AvgIpc) is 1.95. The van der Waals surface area contributed by atoms with Crippen molar-refractivity contribution in [2.45, 2.75) is 25.8 Å². The maximum atomic E-state index is 10.4. The normalized spacial score (nSPS) is 35.8. The van der Waals surface area contributed by atoms with Gasteiger partial charge in [0.1, 0.15) is 6.29 Å². The van der Waals surface area contributed by atoms with Gasteiger partial charge in [0.25, 0.3) is 0 Å². The topological polar surface area (TPSA) is 20.3 Å². The number of hydrogen-bond acceptors (Lipinski definition) is 2. The molecule has 0 saturated carbocycles. The lowest BCUT2D eigenvalue weighted by atomic mass is 9.95. The predicted molar refractivity (Wildman–Crippen MR) is 40.9 cm³/mol. The van der Waals surface area contributed by atoms with Gasteiger partial charge in [0.2, 0.25) is 0 Å². The van der Waals surface area contributed by atoms with Gasteiger partial charge in [0.05, 0.1) is 0 Å². The molecular weight excluding hydrogens is 126 g/mol. The lowest BCUT2D eigenvalue weighted by Gasteiger charge is -2.32. The van der Waals surface area contributed by atoms with Crippen LogP contribution in [0.2, 0.25) is 0 Å². The first kappa shape index (κ1) is 7.73. The highest BCUT2D eigenvalue weighted by Gasteiger charge is 2.21. The lowest BCUT2D eigenvalue weighted by Crippen LogP contribution is -2.39. The summed E-state index contributed by atoms with van der Waals surface area (Å²) < 4.78 is 0. The van der Waals surface area contributed by atoms with Crippen LogP contribution in [0.3, 0.4) is 0 Å². The molecule has 1 aliphatic heterocycles. The van der Waals surface area contributed by atoms with E-state index in [1.807, 2.05) is 0 Å². The van der Waals surface area contributed by atoms with Crippen molar-refractivity contribution in [3.8, 4) is 0 Å². The van der Waals surface area contributed by atoms with E-state index in [-0.39, 0.29) is 0 Å². The largest absolute Gasteiger partial charge is 0.303 e. The van der Waals surface area contributed by atoms with Crippen LogP contribution >= 0.6 is 0 Å². The van der Waals surface area contributed by atoms with Crippen molar-refractivity contribution < 1.29 is 4.79 Å². The average molecular weight is 141 g/mol. The second-order valence-corrected chi connectivity index (χ2v) is 3.26. The Labute approximate surface area is 62.2 Å². The van der Waals surface area contributed by atoms with Gasteiger partial charge in [0.15, 0.2) is 0 Å². The molecule has 0 bridgehead atoms. The molecule has 1 fully saturated rings. The van der Waals surface area contributed by atoms with E-state index in [1.165, 1.54) is 6.42 Å². The third-order valence-electron chi connectivity index (χ3n) is 2.42. The Balaban J connectivity index is 2.40. The molecule has 58 valence electrons. The zero-order valence-corrected chi connectivity index (χ0v) is 6.71. The molecule has 0 aromatic carbocycles. The number of carbonyl (C=O) groups is 1. The van der Waals surface area contributed by atoms with Gasteiger partial charge in [-0.2, -0.15) is 0 Å². The van der Waals surface area contributed by atoms with E-state index in [1.54, 1.807) is 0 Å². The van der Waals surface area contributed by atoms with E-state index in [4.69, 9.17) is 0 Å². The van der Waals surface area contributed by atoms with E-state index in [0.717, 1.165) is 19.3 Å². The molecule has 0 radical (unpaired) electrons. The first-order valence-corrected chi connectivity index (χ1v) is 3.89. The number of hydrogen-bond donors (Lipinski definition) is 0. The van der Waals surface area contributed by atoms with Crippen molar-refractivity contribution in [2.75, 3.05) is 13.6 Å². The van der Waals surface area contributed by atoms with Crippen LogP contribution in [0.1, 0.15) is 19.8 Å². The quantitative estimate of drug-likeness (QED) is 0.506. The second-order valence-electron chi connectivity index (χ2n) is 3.26. The Bertz CT molecular complexity index is 124. The summed E-state index contributed by atoms with van der Waals surface area (Å²) in [6.07, 6.45) is 3.33. The summed E-state index contributed by atoms with van der Waals surface area (Å²) in [6, 6.07) is 0.663. The molecule has 1 aliphatic rings. The summed E-state index contributed by atoms with van der Waals surface area (Å²) in [7, 11) is 2.08. The second kappa shape index (κ2) is 3.15. The molecule has 1 rings (SSSR count). The van der Waals surface area contributed by atoms with Crippen molar-refractivity contribution in [2.24, 2.45) is 5.92 Å². The highest BCUT2D eigenvalue weighted by molar-refractivity contribution is 5.53. The van der Waals surface area contributed by atoms with Crippen LogP contribution in [0.25, 0.3) is 0 Å². The fourth-order valence-corrected chi connectivity index (χ4v) is 1.43. The molecule has 10 heavy (non-hydrogen) atoms. The number of piperidine rings is 1. The van der Waals surface area contributed by atoms with Gasteiger partial charge in [-0.1, -0.05) is 0 Å². The van der Waals surface area contributed by atoms with Crippen LogP contribution in [0.5, 0.6) is 0 Å². The highest BCUT2D eigenvalue weighted by atomic mass is 16.1. The Kier molecular flexibility index (Phi) is 2.44. The minimum Gasteiger partial charge on any atom is -0.303 e. The maximum Gasteiger partial charge on any atom is 0.124 e. The fourth-order valence-electron chi connectivity index (χ4n) is 1.43. The maximum absolute atomic E-state index is 10.4. The lowest BCUT2D eigenvalue weighted by molar-refractivity contribution is -0.112. The Hall–Kier alpha value is -0.370. The predicted octanol–water partition coefficient (Wildman–Crippen LogP) is 0.916. The minimum absolute atomic E-state index is 0.293. The Morgan fingerprint density at radius 1 is 1.50 bits per heavy atom. The molecule has 0 aromatic heterocycles. The smallest absolute Gasteiger partial charge is 0.124 e. The standard InChI is InChI=1S/C8H15NO/c1-7-3-4-8(6-10)5-9(7)2/h6-8H,3-5H2,1-2H3/t7-,8+/m0/s1. The van der Waals surface area contributed by atoms with E-state index in [0.29, 0.717) is 12.0 Å². The highest BCUT2D eigenvalue weighted by Crippen LogP contribution is 2.17. The number of aldehydes is 1. The van der Waals surface area contributed by atoms with Crippen LogP contribution < -0.4 is 0 Å². The number of likely N-dealkylation sites (tertiary alicyclic amines) is 1. The van der Waals surface area contributed by atoms with Crippen molar-refractivity contribution in [1.29, 1.82) is 0 Å². The third kappa shape index (κ3) is 1.57. The fraction of sp³-hybridized carbons (Fsp3) is 0.875. The van der Waals surface area contributed by atoms with E-state index in [2.05, 4.69) is 18.9 Å². The Morgan fingerprint density at radius 2 is 2.20 bits per heavy atom. The molecule has 1 saturated heterocycles. The van der Waals surface area contributed by atoms with Crippen molar-refractivity contribution in [3.63, 3.8) is 0 Å². The van der Waals surface area contributed by atoms with Gasteiger partial charge in [-0.15, -0.1) is 0 Å². The summed E-state index contributed by atoms with van der Waals surface area (Å²) in [5, 5.41) is 0. The molecular formula is C8H15NO. The molecule has 1 heterocycles. The first-order valence-electron chi connectivity index (χ1n) is 3.89. The zero-order valence-electron chi connectivity index (χ0n) is 6.71. The van der Waals surface area contributed by atoms with Gasteiger partial charge in [-0.05, 0) is 26.8 Å². The number of nitrogens with zero attached hydrogens (tertiary/aromatic N) is 1. The van der Waals surface area contributed by atoms with E-state index < -0.39 is 0 Å². The summed E-state index contributed by atoms with van der Waals surface area (Å²) in [6.45, 7) is 3.16. The monoisotopic (exact) mass is 141 g/mol. The van der Waals surface area contributed by atoms with Crippen LogP contribution in [0.15, 0.2) is 0 Å². The zero-order chi connectivity index (χ0) is 7.56. The van der Waals surface area contributed by atoms with Crippen molar-refractivity contribution in [3.05, 3.63) is 0 Å². The van der Waals surface area contributed by atoms with Gasteiger partial charge in [0, 0.05) is 18.5 Å². The Morgan fingerprint density at radius 3 is 2.70 bits per heavy atom. The molecule has 0 aliphatic carbocycles. The molecule has 2 heteroatoms. The summed E-state index contributed by atoms with van der Waals surface area (Å²) in [4.78, 5) is 12.6. The van der Waals surface area contributed by atoms with Gasteiger partial charge < -0.3 is 9.69 Å². The molecule has 0 unspecified atom stereocenters. The molecule has 2 atom stereocenters. The first-order chi connectivity index (χ1) is 4.74. The summed E-state index contributed by atoms with van der Waals surface area (Å²) in [5.74, 6) is 0.293. The van der Waals surface area contributed by atoms with Gasteiger partial charge in [-0.25, -0.2) is 0 Å². The van der Waals surface area contributed by atoms with Crippen molar-refractivity contribution in [1.82, 2.24) is 4.90 Å². The molecule has 0 aromatic rings. The molecule has 2 nitrogen and oxygen atoms in total. The van der Waals surface area contributed by atoms with E-state index >= 15 is 0 Å². The van der Waals surface area contributed by atoms with Crippen LogP contribution in [0.4, 0.5) is 0 Å². The van der Waals surface area contributed by atoms with Crippen LogP contribution in [0, 0.1) is 5.92 Å². The van der Waals surface area contributed by atoms with E-state index in [9.17, 15) is 4.79 Å².